The van der Waals surface area contributed by atoms with Gasteiger partial charge in [0.2, 0.25) is 11.8 Å². The van der Waals surface area contributed by atoms with E-state index in [0.29, 0.717) is 30.3 Å². The van der Waals surface area contributed by atoms with Crippen LogP contribution in [0.25, 0.3) is 11.5 Å². The minimum absolute atomic E-state index is 0.0560. The molecule has 3 rings (SSSR count). The van der Waals surface area contributed by atoms with Gasteiger partial charge in [-0.3, -0.25) is 10.1 Å². The summed E-state index contributed by atoms with van der Waals surface area (Å²) in [7, 11) is 0. The molecule has 0 spiro atoms. The Bertz CT molecular complexity index is 915. The van der Waals surface area contributed by atoms with Crippen LogP contribution in [-0.4, -0.2) is 35.1 Å². The van der Waals surface area contributed by atoms with Gasteiger partial charge in [0.15, 0.2) is 11.5 Å². The summed E-state index contributed by atoms with van der Waals surface area (Å²) >= 11 is 1.43. The number of rotatable bonds is 9. The minimum atomic E-state index is -0.217. The average molecular weight is 399 g/mol. The van der Waals surface area contributed by atoms with Crippen LogP contribution in [0.4, 0.5) is 6.01 Å². The van der Waals surface area contributed by atoms with E-state index >= 15 is 0 Å². The van der Waals surface area contributed by atoms with E-state index in [-0.39, 0.29) is 23.6 Å². The van der Waals surface area contributed by atoms with Crippen molar-refractivity contribution in [1.29, 1.82) is 0 Å². The van der Waals surface area contributed by atoms with Gasteiger partial charge in [-0.05, 0) is 44.2 Å². The number of nitrogens with zero attached hydrogens (tertiary/aromatic N) is 2. The van der Waals surface area contributed by atoms with Crippen LogP contribution in [0.15, 0.2) is 57.8 Å². The zero-order chi connectivity index (χ0) is 19.8. The van der Waals surface area contributed by atoms with Crippen molar-refractivity contribution in [2.75, 3.05) is 24.3 Å². The van der Waals surface area contributed by atoms with Crippen molar-refractivity contribution >= 4 is 23.7 Å². The van der Waals surface area contributed by atoms with Crippen LogP contribution < -0.4 is 14.8 Å². The largest absolute Gasteiger partial charge is 0.490 e. The Labute approximate surface area is 167 Å². The second-order valence-corrected chi connectivity index (χ2v) is 6.64. The molecule has 1 amide bonds. The maximum absolute atomic E-state index is 12.1. The normalized spacial score (nSPS) is 10.5. The number of thioether (sulfide) groups is 1. The van der Waals surface area contributed by atoms with Gasteiger partial charge >= 0.3 is 6.01 Å². The van der Waals surface area contributed by atoms with E-state index in [0.717, 1.165) is 4.90 Å². The molecular formula is C20H21N3O4S. The van der Waals surface area contributed by atoms with Gasteiger partial charge < -0.3 is 13.9 Å². The van der Waals surface area contributed by atoms with E-state index in [1.807, 2.05) is 44.2 Å². The molecule has 0 aliphatic rings. The Balaban J connectivity index is 1.64. The Hall–Kier alpha value is -3.00. The number of amides is 1. The number of aromatic nitrogens is 2. The lowest BCUT2D eigenvalue weighted by atomic mass is 10.2. The molecule has 3 aromatic rings. The Morgan fingerprint density at radius 3 is 2.54 bits per heavy atom. The highest BCUT2D eigenvalue weighted by Crippen LogP contribution is 2.32. The van der Waals surface area contributed by atoms with E-state index < -0.39 is 0 Å². The first-order chi connectivity index (χ1) is 13.7. The monoisotopic (exact) mass is 399 g/mol. The van der Waals surface area contributed by atoms with Crippen LogP contribution in [0.3, 0.4) is 0 Å². The lowest BCUT2D eigenvalue weighted by molar-refractivity contribution is -0.113. The Morgan fingerprint density at radius 2 is 1.79 bits per heavy atom. The van der Waals surface area contributed by atoms with Crippen LogP contribution in [0, 0.1) is 0 Å². The summed E-state index contributed by atoms with van der Waals surface area (Å²) in [6, 6.07) is 15.1. The molecule has 0 fully saturated rings. The molecular weight excluding hydrogens is 378 g/mol. The van der Waals surface area contributed by atoms with Gasteiger partial charge in [0.05, 0.1) is 19.0 Å². The van der Waals surface area contributed by atoms with Crippen molar-refractivity contribution in [3.05, 3.63) is 48.5 Å². The first-order valence-corrected chi connectivity index (χ1v) is 9.89. The molecule has 1 aromatic heterocycles. The molecule has 0 saturated heterocycles. The summed E-state index contributed by atoms with van der Waals surface area (Å²) in [5, 5.41) is 10.5. The van der Waals surface area contributed by atoms with E-state index in [2.05, 4.69) is 15.5 Å². The molecule has 0 bridgehead atoms. The maximum atomic E-state index is 12.1. The number of benzene rings is 2. The van der Waals surface area contributed by atoms with Gasteiger partial charge in [-0.25, -0.2) is 0 Å². The van der Waals surface area contributed by atoms with E-state index in [1.165, 1.54) is 11.8 Å². The van der Waals surface area contributed by atoms with Crippen LogP contribution >= 0.6 is 11.8 Å². The fraction of sp³-hybridized carbons (Fsp3) is 0.250. The van der Waals surface area contributed by atoms with Gasteiger partial charge in [-0.15, -0.1) is 16.9 Å². The molecule has 28 heavy (non-hydrogen) atoms. The fourth-order valence-corrected chi connectivity index (χ4v) is 3.12. The summed E-state index contributed by atoms with van der Waals surface area (Å²) in [5.41, 5.74) is 0.679. The second-order valence-electron chi connectivity index (χ2n) is 5.59. The third-order valence-corrected chi connectivity index (χ3v) is 4.59. The van der Waals surface area contributed by atoms with Crippen LogP contribution in [-0.2, 0) is 4.79 Å². The van der Waals surface area contributed by atoms with Crippen molar-refractivity contribution in [2.24, 2.45) is 0 Å². The van der Waals surface area contributed by atoms with E-state index in [4.69, 9.17) is 13.9 Å². The molecule has 0 radical (unpaired) electrons. The SMILES string of the molecule is CCOc1ccc(-c2nnc(NC(=O)CSc3ccccc3)o2)cc1OCC. The molecule has 0 saturated carbocycles. The van der Waals surface area contributed by atoms with E-state index in [1.54, 1.807) is 18.2 Å². The Morgan fingerprint density at radius 1 is 1.04 bits per heavy atom. The quantitative estimate of drug-likeness (QED) is 0.538. The zero-order valence-corrected chi connectivity index (χ0v) is 16.5. The standard InChI is InChI=1S/C20H21N3O4S/c1-3-25-16-11-10-14(12-17(16)26-4-2)19-22-23-20(27-19)21-18(24)13-28-15-8-6-5-7-9-15/h5-12H,3-4,13H2,1-2H3,(H,21,23,24). The third kappa shape index (κ3) is 5.26. The second kappa shape index (κ2) is 9.80. The molecule has 1 heterocycles. The zero-order valence-electron chi connectivity index (χ0n) is 15.7. The average Bonchev–Trinajstić information content (AvgIpc) is 3.17. The summed E-state index contributed by atoms with van der Waals surface area (Å²) in [6.07, 6.45) is 0. The summed E-state index contributed by atoms with van der Waals surface area (Å²) in [6.45, 7) is 4.85. The van der Waals surface area contributed by atoms with Crippen molar-refractivity contribution in [2.45, 2.75) is 18.7 Å². The number of hydrogen-bond acceptors (Lipinski definition) is 7. The predicted molar refractivity (Wildman–Crippen MR) is 108 cm³/mol. The molecule has 0 unspecified atom stereocenters. The van der Waals surface area contributed by atoms with E-state index in [9.17, 15) is 4.79 Å². The predicted octanol–water partition coefficient (Wildman–Crippen LogP) is 4.26. The summed E-state index contributed by atoms with van der Waals surface area (Å²) in [4.78, 5) is 13.1. The highest BCUT2D eigenvalue weighted by molar-refractivity contribution is 8.00. The molecule has 0 aliphatic carbocycles. The Kier molecular flexibility index (Phi) is 6.91. The molecule has 7 nitrogen and oxygen atoms in total. The first kappa shape index (κ1) is 19.8. The van der Waals surface area contributed by atoms with Crippen molar-refractivity contribution in [3.8, 4) is 23.0 Å². The van der Waals surface area contributed by atoms with Crippen LogP contribution in [0.2, 0.25) is 0 Å². The highest BCUT2D eigenvalue weighted by atomic mass is 32.2. The molecule has 1 N–H and O–H groups in total. The summed E-state index contributed by atoms with van der Waals surface area (Å²) < 4.78 is 16.7. The number of carbonyl (C=O) groups is 1. The van der Waals surface area contributed by atoms with Gasteiger partial charge in [0, 0.05) is 10.5 Å². The maximum Gasteiger partial charge on any atom is 0.322 e. The first-order valence-electron chi connectivity index (χ1n) is 8.90. The van der Waals surface area contributed by atoms with Gasteiger partial charge in [-0.2, -0.15) is 0 Å². The molecule has 0 atom stereocenters. The minimum Gasteiger partial charge on any atom is -0.490 e. The third-order valence-electron chi connectivity index (χ3n) is 3.57. The lowest BCUT2D eigenvalue weighted by Crippen LogP contribution is -2.14. The van der Waals surface area contributed by atoms with Crippen molar-refractivity contribution < 1.29 is 18.7 Å². The van der Waals surface area contributed by atoms with Gasteiger partial charge in [-0.1, -0.05) is 23.3 Å². The molecule has 0 aliphatic heterocycles. The number of carbonyl (C=O) groups excluding carboxylic acids is 1. The number of nitrogens with one attached hydrogen (secondary N) is 1. The van der Waals surface area contributed by atoms with Crippen LogP contribution in [0.5, 0.6) is 11.5 Å². The van der Waals surface area contributed by atoms with Crippen molar-refractivity contribution in [1.82, 2.24) is 10.2 Å². The van der Waals surface area contributed by atoms with Gasteiger partial charge in [0.1, 0.15) is 0 Å². The number of anilines is 1. The number of ether oxygens (including phenoxy) is 2. The molecule has 8 heteroatoms. The fourth-order valence-electron chi connectivity index (χ4n) is 2.40. The van der Waals surface area contributed by atoms with Crippen LogP contribution in [0.1, 0.15) is 13.8 Å². The summed E-state index contributed by atoms with van der Waals surface area (Å²) in [5.74, 6) is 1.57. The lowest BCUT2D eigenvalue weighted by Gasteiger charge is -2.11. The highest BCUT2D eigenvalue weighted by Gasteiger charge is 2.14. The smallest absolute Gasteiger partial charge is 0.322 e. The molecule has 2 aromatic carbocycles. The topological polar surface area (TPSA) is 86.5 Å². The van der Waals surface area contributed by atoms with Gasteiger partial charge in [0.25, 0.3) is 0 Å². The van der Waals surface area contributed by atoms with Crippen molar-refractivity contribution in [3.63, 3.8) is 0 Å². The molecule has 146 valence electrons. The number of hydrogen-bond donors (Lipinski definition) is 1.